The summed E-state index contributed by atoms with van der Waals surface area (Å²) in [7, 11) is 0. The third-order valence-corrected chi connectivity index (χ3v) is 3.72. The van der Waals surface area contributed by atoms with Crippen LogP contribution in [0.2, 0.25) is 0 Å². The van der Waals surface area contributed by atoms with Gasteiger partial charge in [-0.2, -0.15) is 5.10 Å². The van der Waals surface area contributed by atoms with Crippen LogP contribution in [0.3, 0.4) is 0 Å². The molecule has 1 heterocycles. The van der Waals surface area contributed by atoms with Crippen LogP contribution >= 0.6 is 0 Å². The molecule has 0 radical (unpaired) electrons. The lowest BCUT2D eigenvalue weighted by molar-refractivity contribution is -0.384. The number of carbonyl (C=O) groups is 1. The zero-order valence-corrected chi connectivity index (χ0v) is 13.6. The van der Waals surface area contributed by atoms with E-state index in [1.165, 1.54) is 16.8 Å². The number of amides is 1. The molecule has 1 aromatic heterocycles. The van der Waals surface area contributed by atoms with Crippen LogP contribution < -0.4 is 5.43 Å². The van der Waals surface area contributed by atoms with Crippen LogP contribution in [-0.4, -0.2) is 37.1 Å². The van der Waals surface area contributed by atoms with E-state index in [0.29, 0.717) is 11.0 Å². The minimum absolute atomic E-state index is 0.110. The van der Waals surface area contributed by atoms with Gasteiger partial charge in [-0.15, -0.1) is 5.10 Å². The molecule has 0 bridgehead atoms. The molecule has 3 aromatic rings. The molecule has 0 aliphatic carbocycles. The summed E-state index contributed by atoms with van der Waals surface area (Å²) in [5, 5.41) is 32.2. The fourth-order valence-electron chi connectivity index (χ4n) is 2.30. The third-order valence-electron chi connectivity index (χ3n) is 3.72. The number of nitrogens with zero attached hydrogens (tertiary/aromatic N) is 5. The maximum atomic E-state index is 12.3. The summed E-state index contributed by atoms with van der Waals surface area (Å²) in [5.74, 6) is -0.647. The van der Waals surface area contributed by atoms with Crippen molar-refractivity contribution in [3.05, 3.63) is 58.1 Å². The van der Waals surface area contributed by atoms with Crippen LogP contribution in [0.25, 0.3) is 11.0 Å². The maximum absolute atomic E-state index is 12.3. The Labute approximate surface area is 146 Å². The third kappa shape index (κ3) is 3.34. The predicted octanol–water partition coefficient (Wildman–Crippen LogP) is 1.76. The number of carbonyl (C=O) groups excluding carboxylic acids is 1. The second-order valence-corrected chi connectivity index (χ2v) is 5.43. The number of hydrogen-bond acceptors (Lipinski definition) is 7. The summed E-state index contributed by atoms with van der Waals surface area (Å²) >= 11 is 0. The Morgan fingerprint density at radius 2 is 2.15 bits per heavy atom. The molecule has 26 heavy (non-hydrogen) atoms. The molecular formula is C16H14N6O4. The number of hydrogen-bond donors (Lipinski definition) is 2. The molecule has 3 rings (SSSR count). The summed E-state index contributed by atoms with van der Waals surface area (Å²) in [4.78, 5) is 22.4. The van der Waals surface area contributed by atoms with Gasteiger partial charge in [0.1, 0.15) is 17.3 Å². The fraction of sp³-hybridized carbons (Fsp3) is 0.125. The Hall–Kier alpha value is -3.82. The number of aromatic hydroxyl groups is 1. The minimum atomic E-state index is -0.682. The number of fused-ring (bicyclic) bond motifs is 1. The monoisotopic (exact) mass is 354 g/mol. The van der Waals surface area contributed by atoms with Crippen molar-refractivity contribution in [3.8, 4) is 5.75 Å². The highest BCUT2D eigenvalue weighted by Gasteiger charge is 2.18. The molecule has 0 aliphatic rings. The Morgan fingerprint density at radius 1 is 1.38 bits per heavy atom. The van der Waals surface area contributed by atoms with E-state index in [1.54, 1.807) is 19.1 Å². The lowest BCUT2D eigenvalue weighted by Crippen LogP contribution is -2.28. The number of nitrogens with one attached hydrogen (secondary N) is 1. The Kier molecular flexibility index (Phi) is 4.56. The molecule has 2 N–H and O–H groups in total. The summed E-state index contributed by atoms with van der Waals surface area (Å²) in [6, 6.07) is 10.0. The zero-order valence-electron chi connectivity index (χ0n) is 13.6. The molecular weight excluding hydrogens is 340 g/mol. The molecule has 1 atom stereocenters. The van der Waals surface area contributed by atoms with Gasteiger partial charge < -0.3 is 5.11 Å². The Balaban J connectivity index is 1.73. The van der Waals surface area contributed by atoms with E-state index < -0.39 is 16.9 Å². The van der Waals surface area contributed by atoms with E-state index in [-0.39, 0.29) is 17.0 Å². The average molecular weight is 354 g/mol. The Morgan fingerprint density at radius 3 is 2.92 bits per heavy atom. The first-order chi connectivity index (χ1) is 12.5. The first-order valence-corrected chi connectivity index (χ1v) is 7.57. The SMILES string of the molecule is C[C@H](C(=O)NN=Cc1cc([N+](=O)[O-])ccc1O)n1nnc2ccccc21. The van der Waals surface area contributed by atoms with Gasteiger partial charge in [-0.3, -0.25) is 14.9 Å². The van der Waals surface area contributed by atoms with Crippen molar-refractivity contribution in [2.75, 3.05) is 0 Å². The van der Waals surface area contributed by atoms with Crippen LogP contribution in [0.5, 0.6) is 5.75 Å². The maximum Gasteiger partial charge on any atom is 0.270 e. The molecule has 0 fully saturated rings. The zero-order chi connectivity index (χ0) is 18.7. The number of hydrazone groups is 1. The van der Waals surface area contributed by atoms with Gasteiger partial charge in [-0.05, 0) is 25.1 Å². The fourth-order valence-corrected chi connectivity index (χ4v) is 2.30. The van der Waals surface area contributed by atoms with Gasteiger partial charge in [0, 0.05) is 17.7 Å². The van der Waals surface area contributed by atoms with Crippen molar-refractivity contribution >= 4 is 28.8 Å². The van der Waals surface area contributed by atoms with E-state index in [4.69, 9.17) is 0 Å². The number of nitro groups is 1. The van der Waals surface area contributed by atoms with Crippen LogP contribution in [-0.2, 0) is 4.79 Å². The molecule has 0 unspecified atom stereocenters. The lowest BCUT2D eigenvalue weighted by atomic mass is 10.2. The molecule has 132 valence electrons. The van der Waals surface area contributed by atoms with Crippen molar-refractivity contribution in [2.24, 2.45) is 5.10 Å². The topological polar surface area (TPSA) is 136 Å². The summed E-state index contributed by atoms with van der Waals surface area (Å²) in [6.45, 7) is 1.64. The highest BCUT2D eigenvalue weighted by atomic mass is 16.6. The van der Waals surface area contributed by atoms with E-state index in [1.807, 2.05) is 12.1 Å². The highest BCUT2D eigenvalue weighted by Crippen LogP contribution is 2.21. The number of para-hydroxylation sites is 1. The number of rotatable bonds is 5. The molecule has 1 amide bonds. The van der Waals surface area contributed by atoms with Gasteiger partial charge in [-0.25, -0.2) is 10.1 Å². The summed E-state index contributed by atoms with van der Waals surface area (Å²) < 4.78 is 1.46. The summed E-state index contributed by atoms with van der Waals surface area (Å²) in [6.07, 6.45) is 1.13. The lowest BCUT2D eigenvalue weighted by Gasteiger charge is -2.10. The molecule has 0 saturated heterocycles. The number of benzene rings is 2. The minimum Gasteiger partial charge on any atom is -0.507 e. The van der Waals surface area contributed by atoms with Crippen LogP contribution in [0.15, 0.2) is 47.6 Å². The van der Waals surface area contributed by atoms with Gasteiger partial charge in [-0.1, -0.05) is 17.3 Å². The normalized spacial score (nSPS) is 12.3. The molecule has 2 aromatic carbocycles. The standard InChI is InChI=1S/C16H14N6O4/c1-10(21-14-5-3-2-4-13(14)18-20-21)16(24)19-17-9-11-8-12(22(25)26)6-7-15(11)23/h2-10,23H,1H3,(H,19,24)/t10-/m1/s1. The van der Waals surface area contributed by atoms with Crippen molar-refractivity contribution in [3.63, 3.8) is 0 Å². The molecule has 10 nitrogen and oxygen atoms in total. The largest absolute Gasteiger partial charge is 0.507 e. The highest BCUT2D eigenvalue weighted by molar-refractivity contribution is 5.87. The van der Waals surface area contributed by atoms with E-state index in [2.05, 4.69) is 20.8 Å². The van der Waals surface area contributed by atoms with Gasteiger partial charge in [0.25, 0.3) is 11.6 Å². The Bertz CT molecular complexity index is 1010. The van der Waals surface area contributed by atoms with Crippen molar-refractivity contribution < 1.29 is 14.8 Å². The second-order valence-electron chi connectivity index (χ2n) is 5.43. The van der Waals surface area contributed by atoms with E-state index in [9.17, 15) is 20.0 Å². The van der Waals surface area contributed by atoms with Gasteiger partial charge in [0.15, 0.2) is 0 Å². The smallest absolute Gasteiger partial charge is 0.270 e. The van der Waals surface area contributed by atoms with E-state index in [0.717, 1.165) is 12.3 Å². The quantitative estimate of drug-likeness (QED) is 0.407. The van der Waals surface area contributed by atoms with Crippen LogP contribution in [0.4, 0.5) is 5.69 Å². The molecule has 0 spiro atoms. The van der Waals surface area contributed by atoms with Crippen molar-refractivity contribution in [1.29, 1.82) is 0 Å². The summed E-state index contributed by atoms with van der Waals surface area (Å²) in [5.41, 5.74) is 3.60. The first kappa shape index (κ1) is 17.0. The van der Waals surface area contributed by atoms with Crippen LogP contribution in [0, 0.1) is 10.1 Å². The number of phenols is 1. The predicted molar refractivity (Wildman–Crippen MR) is 92.7 cm³/mol. The van der Waals surface area contributed by atoms with Gasteiger partial charge in [0.05, 0.1) is 16.7 Å². The van der Waals surface area contributed by atoms with Crippen LogP contribution in [0.1, 0.15) is 18.5 Å². The first-order valence-electron chi connectivity index (χ1n) is 7.57. The van der Waals surface area contributed by atoms with E-state index >= 15 is 0 Å². The molecule has 0 saturated carbocycles. The average Bonchev–Trinajstić information content (AvgIpc) is 3.06. The second kappa shape index (κ2) is 6.97. The number of aromatic nitrogens is 3. The number of nitro benzene ring substituents is 1. The van der Waals surface area contributed by atoms with Gasteiger partial charge >= 0.3 is 0 Å². The molecule has 10 heteroatoms. The molecule has 0 aliphatic heterocycles. The number of phenolic OH excluding ortho intramolecular Hbond substituents is 1. The van der Waals surface area contributed by atoms with Crippen molar-refractivity contribution in [2.45, 2.75) is 13.0 Å². The number of non-ortho nitro benzene ring substituents is 1. The van der Waals surface area contributed by atoms with Crippen molar-refractivity contribution in [1.82, 2.24) is 20.4 Å². The van der Waals surface area contributed by atoms with Gasteiger partial charge in [0.2, 0.25) is 0 Å².